The highest BCUT2D eigenvalue weighted by Crippen LogP contribution is 2.32. The van der Waals surface area contributed by atoms with Crippen molar-refractivity contribution in [1.29, 1.82) is 0 Å². The van der Waals surface area contributed by atoms with Crippen LogP contribution in [0.2, 0.25) is 0 Å². The number of nitrogens with zero attached hydrogens (tertiary/aromatic N) is 2. The second-order valence-corrected chi connectivity index (χ2v) is 11.0. The zero-order valence-corrected chi connectivity index (χ0v) is 24.9. The minimum atomic E-state index is -4.46. The fraction of sp³-hybridized carbons (Fsp3) is 0.171. The first-order chi connectivity index (χ1) is 22.0. The minimum Gasteiger partial charge on any atom is -0.354 e. The molecule has 0 radical (unpaired) electrons. The molecule has 234 valence electrons. The zero-order chi connectivity index (χ0) is 32.8. The molecule has 11 heteroatoms. The number of amides is 3. The average Bonchev–Trinajstić information content (AvgIpc) is 3.05. The molecule has 0 spiro atoms. The van der Waals surface area contributed by atoms with Gasteiger partial charge in [-0.15, -0.1) is 0 Å². The van der Waals surface area contributed by atoms with Gasteiger partial charge in [0.15, 0.2) is 6.04 Å². The smallest absolute Gasteiger partial charge is 0.354 e. The molecular formula is C35H30F3N5O3. The van der Waals surface area contributed by atoms with Crippen LogP contribution in [0.25, 0.3) is 22.0 Å². The van der Waals surface area contributed by atoms with Crippen LogP contribution in [-0.4, -0.2) is 34.2 Å². The first-order valence-electron chi connectivity index (χ1n) is 14.5. The number of anilines is 1. The van der Waals surface area contributed by atoms with Crippen molar-refractivity contribution >= 4 is 34.4 Å². The van der Waals surface area contributed by atoms with E-state index in [9.17, 15) is 27.6 Å². The standard InChI is InChI=1S/C35H30F3N5O3/c1-21(2)20-40-34(46)31(29-9-5-6-18-39-29)43-32(44)24-12-16-28-23(19-24)13-17-30(41-28)42-33(45)27-8-4-3-7-26(27)22-10-14-25(15-11-22)35(36,37)38/h3-19,21,31H,20H2,1-2H3,(H,40,46)(H,43,44)(H,41,42,45)/t31-/m0/s1. The molecule has 0 fully saturated rings. The maximum atomic E-state index is 13.3. The summed E-state index contributed by atoms with van der Waals surface area (Å²) in [6.07, 6.45) is -2.91. The molecule has 2 heterocycles. The number of hydrogen-bond acceptors (Lipinski definition) is 5. The van der Waals surface area contributed by atoms with E-state index < -0.39 is 29.6 Å². The predicted octanol–water partition coefficient (Wildman–Crippen LogP) is 6.81. The lowest BCUT2D eigenvalue weighted by Gasteiger charge is -2.19. The van der Waals surface area contributed by atoms with Crippen molar-refractivity contribution in [2.24, 2.45) is 5.92 Å². The third-order valence-electron chi connectivity index (χ3n) is 7.09. The number of rotatable bonds is 9. The lowest BCUT2D eigenvalue weighted by Crippen LogP contribution is -2.41. The van der Waals surface area contributed by atoms with Crippen molar-refractivity contribution in [3.63, 3.8) is 0 Å². The second kappa shape index (κ2) is 13.6. The molecule has 0 aliphatic heterocycles. The van der Waals surface area contributed by atoms with E-state index in [0.29, 0.717) is 39.8 Å². The van der Waals surface area contributed by atoms with Crippen LogP contribution in [0.3, 0.4) is 0 Å². The summed E-state index contributed by atoms with van der Waals surface area (Å²) < 4.78 is 39.1. The van der Waals surface area contributed by atoms with Gasteiger partial charge >= 0.3 is 6.18 Å². The highest BCUT2D eigenvalue weighted by atomic mass is 19.4. The molecule has 0 saturated carbocycles. The molecule has 3 aromatic carbocycles. The van der Waals surface area contributed by atoms with Crippen molar-refractivity contribution in [2.75, 3.05) is 11.9 Å². The van der Waals surface area contributed by atoms with Crippen molar-refractivity contribution < 1.29 is 27.6 Å². The Morgan fingerprint density at radius 3 is 2.26 bits per heavy atom. The van der Waals surface area contributed by atoms with Crippen molar-refractivity contribution in [1.82, 2.24) is 20.6 Å². The summed E-state index contributed by atoms with van der Waals surface area (Å²) >= 11 is 0. The van der Waals surface area contributed by atoms with Gasteiger partial charge in [0.1, 0.15) is 5.82 Å². The topological polar surface area (TPSA) is 113 Å². The van der Waals surface area contributed by atoms with Gasteiger partial charge in [-0.2, -0.15) is 13.2 Å². The van der Waals surface area contributed by atoms with Gasteiger partial charge in [-0.25, -0.2) is 4.98 Å². The number of benzene rings is 3. The Morgan fingerprint density at radius 2 is 1.57 bits per heavy atom. The number of hydrogen-bond donors (Lipinski definition) is 3. The molecule has 5 aromatic rings. The molecule has 3 N–H and O–H groups in total. The van der Waals surface area contributed by atoms with Crippen LogP contribution in [0.4, 0.5) is 19.0 Å². The van der Waals surface area contributed by atoms with Crippen LogP contribution in [-0.2, 0) is 11.0 Å². The van der Waals surface area contributed by atoms with E-state index in [0.717, 1.165) is 12.1 Å². The number of alkyl halides is 3. The van der Waals surface area contributed by atoms with E-state index in [2.05, 4.69) is 25.9 Å². The third kappa shape index (κ3) is 7.55. The molecule has 2 aromatic heterocycles. The van der Waals surface area contributed by atoms with E-state index in [4.69, 9.17) is 0 Å². The number of aromatic nitrogens is 2. The summed E-state index contributed by atoms with van der Waals surface area (Å²) in [4.78, 5) is 48.2. The van der Waals surface area contributed by atoms with Crippen LogP contribution in [0.15, 0.2) is 103 Å². The number of halogens is 3. The van der Waals surface area contributed by atoms with E-state index in [1.165, 1.54) is 12.1 Å². The number of nitrogens with one attached hydrogen (secondary N) is 3. The normalized spacial score (nSPS) is 12.0. The average molecular weight is 626 g/mol. The Labute approximate surface area is 263 Å². The Hall–Kier alpha value is -5.58. The molecule has 3 amide bonds. The minimum absolute atomic E-state index is 0.223. The van der Waals surface area contributed by atoms with E-state index in [1.807, 2.05) is 13.8 Å². The van der Waals surface area contributed by atoms with Gasteiger partial charge in [-0.3, -0.25) is 19.4 Å². The van der Waals surface area contributed by atoms with Crippen LogP contribution in [0, 0.1) is 5.92 Å². The van der Waals surface area contributed by atoms with Gasteiger partial charge < -0.3 is 16.0 Å². The Bertz CT molecular complexity index is 1880. The SMILES string of the molecule is CC(C)CNC(=O)[C@@H](NC(=O)c1ccc2nc(NC(=O)c3ccccc3-c3ccc(C(F)(F)F)cc3)ccc2c1)c1ccccn1. The molecule has 0 bridgehead atoms. The van der Waals surface area contributed by atoms with Crippen LogP contribution in [0.1, 0.15) is 51.9 Å². The first kappa shape index (κ1) is 31.8. The summed E-state index contributed by atoms with van der Waals surface area (Å²) in [6, 6.07) is 23.4. The molecule has 0 aliphatic rings. The van der Waals surface area contributed by atoms with Crippen LogP contribution >= 0.6 is 0 Å². The first-order valence-corrected chi connectivity index (χ1v) is 14.5. The molecule has 8 nitrogen and oxygen atoms in total. The summed E-state index contributed by atoms with van der Waals surface area (Å²) in [6.45, 7) is 4.38. The third-order valence-corrected chi connectivity index (χ3v) is 7.09. The Morgan fingerprint density at radius 1 is 0.826 bits per heavy atom. The maximum Gasteiger partial charge on any atom is 0.416 e. The van der Waals surface area contributed by atoms with Crippen molar-refractivity contribution in [2.45, 2.75) is 26.1 Å². The van der Waals surface area contributed by atoms with Gasteiger partial charge in [0.25, 0.3) is 11.8 Å². The number of carbonyl (C=O) groups excluding carboxylic acids is 3. The van der Waals surface area contributed by atoms with Gasteiger partial charge in [-0.1, -0.05) is 50.2 Å². The number of pyridine rings is 2. The number of carbonyl (C=O) groups is 3. The molecular weight excluding hydrogens is 595 g/mol. The largest absolute Gasteiger partial charge is 0.416 e. The second-order valence-electron chi connectivity index (χ2n) is 11.0. The molecule has 0 unspecified atom stereocenters. The zero-order valence-electron chi connectivity index (χ0n) is 24.9. The lowest BCUT2D eigenvalue weighted by molar-refractivity contribution is -0.137. The number of fused-ring (bicyclic) bond motifs is 1. The van der Waals surface area contributed by atoms with E-state index in [1.54, 1.807) is 79.0 Å². The molecule has 5 rings (SSSR count). The summed E-state index contributed by atoms with van der Waals surface area (Å²) in [7, 11) is 0. The summed E-state index contributed by atoms with van der Waals surface area (Å²) in [5.74, 6) is -0.873. The van der Waals surface area contributed by atoms with Crippen LogP contribution < -0.4 is 16.0 Å². The Balaban J connectivity index is 1.32. The van der Waals surface area contributed by atoms with Crippen LogP contribution in [0.5, 0.6) is 0 Å². The van der Waals surface area contributed by atoms with Gasteiger partial charge in [-0.05, 0) is 77.7 Å². The van der Waals surface area contributed by atoms with Gasteiger partial charge in [0.2, 0.25) is 5.91 Å². The maximum absolute atomic E-state index is 13.3. The quantitative estimate of drug-likeness (QED) is 0.167. The Kier molecular flexibility index (Phi) is 9.41. The summed E-state index contributed by atoms with van der Waals surface area (Å²) in [5, 5.41) is 8.99. The monoisotopic (exact) mass is 625 g/mol. The highest BCUT2D eigenvalue weighted by molar-refractivity contribution is 6.08. The highest BCUT2D eigenvalue weighted by Gasteiger charge is 2.30. The molecule has 46 heavy (non-hydrogen) atoms. The van der Waals surface area contributed by atoms with Gasteiger partial charge in [0, 0.05) is 29.3 Å². The van der Waals surface area contributed by atoms with E-state index >= 15 is 0 Å². The lowest BCUT2D eigenvalue weighted by atomic mass is 9.98. The molecule has 0 aliphatic carbocycles. The summed E-state index contributed by atoms with van der Waals surface area (Å²) in [5.41, 5.74) is 1.61. The fourth-order valence-corrected chi connectivity index (χ4v) is 4.73. The molecule has 0 saturated heterocycles. The van der Waals surface area contributed by atoms with Crippen molar-refractivity contribution in [3.05, 3.63) is 126 Å². The fourth-order valence-electron chi connectivity index (χ4n) is 4.73. The predicted molar refractivity (Wildman–Crippen MR) is 169 cm³/mol. The van der Waals surface area contributed by atoms with Gasteiger partial charge in [0.05, 0.1) is 16.8 Å². The van der Waals surface area contributed by atoms with Crippen molar-refractivity contribution in [3.8, 4) is 11.1 Å². The molecule has 1 atom stereocenters. The van der Waals surface area contributed by atoms with E-state index in [-0.39, 0.29) is 23.2 Å².